The molecule has 0 saturated heterocycles. The first-order valence-electron chi connectivity index (χ1n) is 15.8. The molecule has 0 aliphatic heterocycles. The van der Waals surface area contributed by atoms with E-state index >= 15 is 0 Å². The third-order valence-corrected chi connectivity index (χ3v) is 13.6. The quantitative estimate of drug-likeness (QED) is 0.436. The molecule has 218 valence electrons. The number of aliphatic hydroxyl groups is 1. The number of Topliss-reactive ketones (excluding diaryl/α,β-unsaturated/α-hetero) is 1. The second kappa shape index (κ2) is 8.96. The Morgan fingerprint density at radius 3 is 2.30 bits per heavy atom. The lowest BCUT2D eigenvalue weighted by molar-refractivity contribution is -0.228. The average Bonchev–Trinajstić information content (AvgIpc) is 3.21. The SMILES string of the molecule is CC(C)C1=C2C3CCC4[C@@]5(C)CC[C@H](O)C(C)(C)C5CC[C@@]4(C)[C@]3(C)CC[C@@]2(C(=O)Nc2ncccn2)CC1=O. The standard InChI is InChI=1S/C34H49N3O3/c1-20(2)26-22(38)19-34(28(40)37-29-35-17-8-18-36-29)16-15-32(6)21(27(26)34)9-10-24-31(5)13-12-25(39)30(3,4)23(31)11-14-33(24,32)7/h8,17-18,20-21,23-25,39H,9-16,19H2,1-7H3,(H,35,36,37,40)/t21?,23?,24?,25-,31-,32+,33+,34+/m0/s1. The molecule has 4 saturated carbocycles. The van der Waals surface area contributed by atoms with Crippen LogP contribution in [0.15, 0.2) is 29.6 Å². The van der Waals surface area contributed by atoms with Crippen molar-refractivity contribution in [1.29, 1.82) is 0 Å². The summed E-state index contributed by atoms with van der Waals surface area (Å²) >= 11 is 0. The molecule has 0 radical (unpaired) electrons. The van der Waals surface area contributed by atoms with Crippen molar-refractivity contribution in [1.82, 2.24) is 9.97 Å². The van der Waals surface area contributed by atoms with Gasteiger partial charge < -0.3 is 5.11 Å². The minimum atomic E-state index is -0.804. The van der Waals surface area contributed by atoms with E-state index in [4.69, 9.17) is 0 Å². The van der Waals surface area contributed by atoms with Gasteiger partial charge in [-0.25, -0.2) is 9.97 Å². The normalized spacial score (nSPS) is 44.0. The van der Waals surface area contributed by atoms with Crippen molar-refractivity contribution in [2.24, 2.45) is 50.7 Å². The molecule has 1 amide bonds. The van der Waals surface area contributed by atoms with Crippen LogP contribution in [0.25, 0.3) is 0 Å². The third-order valence-electron chi connectivity index (χ3n) is 13.6. The molecule has 6 heteroatoms. The maximum Gasteiger partial charge on any atom is 0.237 e. The number of ketones is 1. The number of allylic oxidation sites excluding steroid dienone is 1. The van der Waals surface area contributed by atoms with Crippen molar-refractivity contribution in [2.45, 2.75) is 112 Å². The summed E-state index contributed by atoms with van der Waals surface area (Å²) in [7, 11) is 0. The zero-order valence-corrected chi connectivity index (χ0v) is 25.6. The summed E-state index contributed by atoms with van der Waals surface area (Å²) in [5.74, 6) is 1.76. The Morgan fingerprint density at radius 1 is 0.925 bits per heavy atom. The minimum Gasteiger partial charge on any atom is -0.393 e. The highest BCUT2D eigenvalue weighted by Crippen LogP contribution is 2.76. The van der Waals surface area contributed by atoms with Crippen molar-refractivity contribution >= 4 is 17.6 Å². The first-order chi connectivity index (χ1) is 18.7. The van der Waals surface area contributed by atoms with Crippen molar-refractivity contribution in [3.63, 3.8) is 0 Å². The molecule has 0 aromatic carbocycles. The maximum absolute atomic E-state index is 14.2. The van der Waals surface area contributed by atoms with E-state index in [1.165, 1.54) is 0 Å². The van der Waals surface area contributed by atoms with Crippen LogP contribution in [0.1, 0.15) is 106 Å². The van der Waals surface area contributed by atoms with Crippen LogP contribution in [0.2, 0.25) is 0 Å². The zero-order valence-electron chi connectivity index (χ0n) is 25.6. The number of aliphatic hydroxyl groups excluding tert-OH is 1. The van der Waals surface area contributed by atoms with Gasteiger partial charge >= 0.3 is 0 Å². The molecule has 4 fully saturated rings. The molecule has 1 aromatic rings. The van der Waals surface area contributed by atoms with Crippen molar-refractivity contribution in [3.8, 4) is 0 Å². The van der Waals surface area contributed by atoms with Crippen molar-refractivity contribution in [3.05, 3.63) is 29.6 Å². The highest BCUT2D eigenvalue weighted by atomic mass is 16.3. The van der Waals surface area contributed by atoms with E-state index in [2.05, 4.69) is 63.8 Å². The number of nitrogens with zero attached hydrogens (tertiary/aromatic N) is 2. The van der Waals surface area contributed by atoms with Gasteiger partial charge in [-0.1, -0.05) is 48.5 Å². The number of rotatable bonds is 3. The lowest BCUT2D eigenvalue weighted by atomic mass is 9.33. The van der Waals surface area contributed by atoms with Gasteiger partial charge in [-0.15, -0.1) is 0 Å². The molecule has 1 heterocycles. The van der Waals surface area contributed by atoms with Gasteiger partial charge in [0.15, 0.2) is 5.78 Å². The molecule has 0 bridgehead atoms. The molecular formula is C34H49N3O3. The monoisotopic (exact) mass is 547 g/mol. The molecular weight excluding hydrogens is 498 g/mol. The van der Waals surface area contributed by atoms with Gasteiger partial charge in [-0.3, -0.25) is 14.9 Å². The summed E-state index contributed by atoms with van der Waals surface area (Å²) in [6.07, 6.45) is 11.4. The van der Waals surface area contributed by atoms with Gasteiger partial charge in [0.2, 0.25) is 11.9 Å². The number of nitrogens with one attached hydrogen (secondary N) is 1. The summed E-state index contributed by atoms with van der Waals surface area (Å²) in [4.78, 5) is 36.4. The largest absolute Gasteiger partial charge is 0.393 e. The average molecular weight is 548 g/mol. The van der Waals surface area contributed by atoms with Crippen LogP contribution >= 0.6 is 0 Å². The molecule has 8 atom stereocenters. The Hall–Kier alpha value is -2.08. The summed E-state index contributed by atoms with van der Waals surface area (Å²) < 4.78 is 0. The van der Waals surface area contributed by atoms with Crippen LogP contribution in [-0.4, -0.2) is 32.9 Å². The molecule has 0 spiro atoms. The predicted molar refractivity (Wildman–Crippen MR) is 156 cm³/mol. The smallest absolute Gasteiger partial charge is 0.237 e. The first kappa shape index (κ1) is 28.1. The van der Waals surface area contributed by atoms with Gasteiger partial charge in [0, 0.05) is 18.8 Å². The first-order valence-corrected chi connectivity index (χ1v) is 15.8. The number of hydrogen-bond donors (Lipinski definition) is 2. The number of hydrogen-bond acceptors (Lipinski definition) is 5. The van der Waals surface area contributed by atoms with Crippen LogP contribution in [0, 0.1) is 50.7 Å². The lowest BCUT2D eigenvalue weighted by Gasteiger charge is -2.72. The summed E-state index contributed by atoms with van der Waals surface area (Å²) in [5, 5.41) is 14.0. The Labute approximate surface area is 240 Å². The van der Waals surface area contributed by atoms with E-state index in [-0.39, 0.29) is 57.7 Å². The van der Waals surface area contributed by atoms with Crippen LogP contribution in [0.5, 0.6) is 0 Å². The molecule has 3 unspecified atom stereocenters. The third kappa shape index (κ3) is 3.50. The Bertz CT molecular complexity index is 1260. The fourth-order valence-electron chi connectivity index (χ4n) is 11.5. The van der Waals surface area contributed by atoms with E-state index in [0.29, 0.717) is 24.2 Å². The molecule has 5 aliphatic carbocycles. The number of carbonyl (C=O) groups excluding carboxylic acids is 2. The van der Waals surface area contributed by atoms with Crippen LogP contribution in [0.4, 0.5) is 5.95 Å². The van der Waals surface area contributed by atoms with E-state index in [1.807, 2.05) is 0 Å². The Kier molecular flexibility index (Phi) is 6.28. The summed E-state index contributed by atoms with van der Waals surface area (Å²) in [6.45, 7) is 16.4. The van der Waals surface area contributed by atoms with Crippen LogP contribution < -0.4 is 5.32 Å². The second-order valence-corrected chi connectivity index (χ2v) is 15.7. The van der Waals surface area contributed by atoms with Gasteiger partial charge in [-0.05, 0) is 114 Å². The van der Waals surface area contributed by atoms with E-state index < -0.39 is 5.41 Å². The number of amides is 1. The fraction of sp³-hybridized carbons (Fsp3) is 0.765. The molecule has 40 heavy (non-hydrogen) atoms. The molecule has 1 aromatic heterocycles. The summed E-state index contributed by atoms with van der Waals surface area (Å²) in [6, 6.07) is 1.74. The van der Waals surface area contributed by atoms with E-state index in [1.54, 1.807) is 18.5 Å². The van der Waals surface area contributed by atoms with Gasteiger partial charge in [-0.2, -0.15) is 0 Å². The van der Waals surface area contributed by atoms with Crippen LogP contribution in [-0.2, 0) is 9.59 Å². The van der Waals surface area contributed by atoms with E-state index in [9.17, 15) is 14.7 Å². The molecule has 2 N–H and O–H groups in total. The highest BCUT2D eigenvalue weighted by Gasteiger charge is 2.70. The minimum absolute atomic E-state index is 0.0111. The number of carbonyl (C=O) groups is 2. The highest BCUT2D eigenvalue weighted by molar-refractivity contribution is 6.09. The van der Waals surface area contributed by atoms with Gasteiger partial charge in [0.25, 0.3) is 0 Å². The Balaban J connectivity index is 1.42. The predicted octanol–water partition coefficient (Wildman–Crippen LogP) is 6.76. The number of anilines is 1. The van der Waals surface area contributed by atoms with Crippen LogP contribution in [0.3, 0.4) is 0 Å². The molecule has 6 rings (SSSR count). The maximum atomic E-state index is 14.2. The van der Waals surface area contributed by atoms with Crippen molar-refractivity contribution < 1.29 is 14.7 Å². The Morgan fingerprint density at radius 2 is 1.62 bits per heavy atom. The second-order valence-electron chi connectivity index (χ2n) is 15.7. The van der Waals surface area contributed by atoms with E-state index in [0.717, 1.165) is 56.1 Å². The van der Waals surface area contributed by atoms with Gasteiger partial charge in [0.05, 0.1) is 11.5 Å². The van der Waals surface area contributed by atoms with Gasteiger partial charge in [0.1, 0.15) is 0 Å². The molecule has 6 nitrogen and oxygen atoms in total. The lowest BCUT2D eigenvalue weighted by Crippen LogP contribution is -2.66. The topological polar surface area (TPSA) is 92.2 Å². The zero-order chi connectivity index (χ0) is 28.9. The van der Waals surface area contributed by atoms with Crippen molar-refractivity contribution in [2.75, 3.05) is 5.32 Å². The summed E-state index contributed by atoms with van der Waals surface area (Å²) in [5.41, 5.74) is 1.52. The molecule has 5 aliphatic rings. The number of aromatic nitrogens is 2. The number of fused-ring (bicyclic) bond motifs is 7. The fourth-order valence-corrected chi connectivity index (χ4v) is 11.5.